The van der Waals surface area contributed by atoms with Crippen molar-refractivity contribution in [3.05, 3.63) is 39.1 Å². The van der Waals surface area contributed by atoms with Crippen LogP contribution in [-0.4, -0.2) is 29.0 Å². The molecule has 2 aromatic heterocycles. The third-order valence-electron chi connectivity index (χ3n) is 2.38. The van der Waals surface area contributed by atoms with E-state index in [9.17, 15) is 9.59 Å². The Morgan fingerprint density at radius 3 is 2.86 bits per heavy atom. The first-order valence-corrected chi connectivity index (χ1v) is 7.26. The number of rotatable bonds is 4. The highest BCUT2D eigenvalue weighted by atomic mass is 35.5. The number of esters is 1. The molecule has 0 bridgehead atoms. The number of anilines is 1. The van der Waals surface area contributed by atoms with Crippen LogP contribution in [0.4, 0.5) is 5.13 Å². The lowest BCUT2D eigenvalue weighted by molar-refractivity contribution is -0.139. The van der Waals surface area contributed by atoms with Gasteiger partial charge in [-0.2, -0.15) is 0 Å². The van der Waals surface area contributed by atoms with Gasteiger partial charge >= 0.3 is 5.97 Å². The summed E-state index contributed by atoms with van der Waals surface area (Å²) in [6.07, 6.45) is 1.36. The Morgan fingerprint density at radius 2 is 2.19 bits per heavy atom. The average Bonchev–Trinajstić information content (AvgIpc) is 2.88. The van der Waals surface area contributed by atoms with Crippen LogP contribution in [0.2, 0.25) is 10.2 Å². The first-order valence-electron chi connectivity index (χ1n) is 5.63. The van der Waals surface area contributed by atoms with Gasteiger partial charge in [0.05, 0.1) is 29.8 Å². The van der Waals surface area contributed by atoms with Crippen molar-refractivity contribution in [3.63, 3.8) is 0 Å². The Hall–Kier alpha value is -1.70. The minimum Gasteiger partial charge on any atom is -0.469 e. The van der Waals surface area contributed by atoms with Crippen molar-refractivity contribution in [1.29, 1.82) is 0 Å². The number of hydrogen-bond donors (Lipinski definition) is 1. The minimum absolute atomic E-state index is 0.0528. The van der Waals surface area contributed by atoms with Crippen molar-refractivity contribution in [2.45, 2.75) is 6.42 Å². The van der Waals surface area contributed by atoms with Gasteiger partial charge < -0.3 is 4.74 Å². The number of hydrogen-bond acceptors (Lipinski definition) is 6. The van der Waals surface area contributed by atoms with Crippen LogP contribution in [-0.2, 0) is 16.0 Å². The molecule has 0 saturated heterocycles. The van der Waals surface area contributed by atoms with Crippen LogP contribution in [0.1, 0.15) is 16.1 Å². The Morgan fingerprint density at radius 1 is 1.43 bits per heavy atom. The third kappa shape index (κ3) is 4.13. The summed E-state index contributed by atoms with van der Waals surface area (Å²) in [6.45, 7) is 0. The molecule has 2 aromatic rings. The Balaban J connectivity index is 2.05. The van der Waals surface area contributed by atoms with Crippen molar-refractivity contribution < 1.29 is 14.3 Å². The summed E-state index contributed by atoms with van der Waals surface area (Å²) < 4.78 is 4.54. The van der Waals surface area contributed by atoms with Crippen molar-refractivity contribution in [2.24, 2.45) is 0 Å². The molecule has 110 valence electrons. The van der Waals surface area contributed by atoms with Crippen molar-refractivity contribution >= 4 is 51.5 Å². The van der Waals surface area contributed by atoms with Crippen LogP contribution in [0, 0.1) is 0 Å². The molecule has 2 rings (SSSR count). The molecule has 1 N–H and O–H groups in total. The van der Waals surface area contributed by atoms with Crippen LogP contribution < -0.4 is 5.32 Å². The second-order valence-electron chi connectivity index (χ2n) is 3.85. The molecule has 0 fully saturated rings. The number of ether oxygens (including phenoxy) is 1. The van der Waals surface area contributed by atoms with Gasteiger partial charge in [0.15, 0.2) is 5.13 Å². The molecule has 0 radical (unpaired) electrons. The molecule has 1 amide bonds. The molecule has 21 heavy (non-hydrogen) atoms. The summed E-state index contributed by atoms with van der Waals surface area (Å²) in [6, 6.07) is 1.41. The lowest BCUT2D eigenvalue weighted by atomic mass is 10.3. The molecular weight excluding hydrogens is 337 g/mol. The number of carbonyl (C=O) groups is 2. The molecule has 0 aliphatic carbocycles. The molecule has 0 aliphatic heterocycles. The van der Waals surface area contributed by atoms with E-state index < -0.39 is 11.9 Å². The molecule has 9 heteroatoms. The van der Waals surface area contributed by atoms with Gasteiger partial charge in [-0.15, -0.1) is 11.3 Å². The van der Waals surface area contributed by atoms with Crippen molar-refractivity contribution in [1.82, 2.24) is 9.97 Å². The number of halogens is 2. The fourth-order valence-electron chi connectivity index (χ4n) is 1.38. The lowest BCUT2D eigenvalue weighted by Crippen LogP contribution is -2.12. The number of nitrogens with zero attached hydrogens (tertiary/aromatic N) is 2. The number of thiazole rings is 1. The molecule has 0 aliphatic rings. The standard InChI is InChI=1S/C12H9Cl2N3O3S/c1-20-9(18)3-7-5-21-12(16-7)17-11(19)6-2-8(13)10(14)15-4-6/h2,4-5H,3H2,1H3,(H,16,17,19). The number of nitrogens with one attached hydrogen (secondary N) is 1. The molecule has 0 saturated carbocycles. The van der Waals surface area contributed by atoms with Gasteiger partial charge in [-0.3, -0.25) is 14.9 Å². The van der Waals surface area contributed by atoms with E-state index in [4.69, 9.17) is 23.2 Å². The van der Waals surface area contributed by atoms with Crippen LogP contribution in [0.15, 0.2) is 17.6 Å². The van der Waals surface area contributed by atoms with Crippen LogP contribution in [0.25, 0.3) is 0 Å². The van der Waals surface area contributed by atoms with E-state index in [2.05, 4.69) is 20.0 Å². The van der Waals surface area contributed by atoms with Gasteiger partial charge in [-0.05, 0) is 6.07 Å². The second kappa shape index (κ2) is 6.84. The summed E-state index contributed by atoms with van der Waals surface area (Å²) in [4.78, 5) is 31.0. The SMILES string of the molecule is COC(=O)Cc1csc(NC(=O)c2cnc(Cl)c(Cl)c2)n1. The van der Waals surface area contributed by atoms with E-state index >= 15 is 0 Å². The van der Waals surface area contributed by atoms with Gasteiger partial charge in [-0.25, -0.2) is 9.97 Å². The zero-order valence-corrected chi connectivity index (χ0v) is 13.1. The summed E-state index contributed by atoms with van der Waals surface area (Å²) in [5, 5.41) is 4.94. The number of pyridine rings is 1. The first kappa shape index (κ1) is 15.7. The molecule has 2 heterocycles. The average molecular weight is 346 g/mol. The zero-order chi connectivity index (χ0) is 15.4. The lowest BCUT2D eigenvalue weighted by Gasteiger charge is -2.02. The monoisotopic (exact) mass is 345 g/mol. The maximum absolute atomic E-state index is 12.0. The van der Waals surface area contributed by atoms with E-state index in [0.717, 1.165) is 0 Å². The molecule has 6 nitrogen and oxygen atoms in total. The Kier molecular flexibility index (Phi) is 5.11. The number of amides is 1. The zero-order valence-electron chi connectivity index (χ0n) is 10.7. The highest BCUT2D eigenvalue weighted by Crippen LogP contribution is 2.21. The molecule has 0 spiro atoms. The minimum atomic E-state index is -0.417. The van der Waals surface area contributed by atoms with E-state index in [1.165, 1.54) is 30.7 Å². The van der Waals surface area contributed by atoms with E-state index in [1.807, 2.05) is 0 Å². The Labute approximate surface area is 134 Å². The van der Waals surface area contributed by atoms with Crippen LogP contribution in [0.5, 0.6) is 0 Å². The topological polar surface area (TPSA) is 81.2 Å². The quantitative estimate of drug-likeness (QED) is 0.680. The summed E-state index contributed by atoms with van der Waals surface area (Å²) in [5.74, 6) is -0.813. The molecule has 0 unspecified atom stereocenters. The van der Waals surface area contributed by atoms with Gasteiger partial charge in [0, 0.05) is 11.6 Å². The van der Waals surface area contributed by atoms with E-state index in [1.54, 1.807) is 5.38 Å². The Bertz CT molecular complexity index is 690. The number of aromatic nitrogens is 2. The van der Waals surface area contributed by atoms with Crippen molar-refractivity contribution in [3.8, 4) is 0 Å². The summed E-state index contributed by atoms with van der Waals surface area (Å²) >= 11 is 12.7. The molecular formula is C12H9Cl2N3O3S. The third-order valence-corrected chi connectivity index (χ3v) is 3.88. The largest absolute Gasteiger partial charge is 0.469 e. The van der Waals surface area contributed by atoms with Crippen LogP contribution in [0.3, 0.4) is 0 Å². The molecule has 0 atom stereocenters. The van der Waals surface area contributed by atoms with Gasteiger partial charge in [0.2, 0.25) is 0 Å². The highest BCUT2D eigenvalue weighted by molar-refractivity contribution is 7.14. The highest BCUT2D eigenvalue weighted by Gasteiger charge is 2.13. The number of methoxy groups -OCH3 is 1. The fraction of sp³-hybridized carbons (Fsp3) is 0.167. The summed E-state index contributed by atoms with van der Waals surface area (Å²) in [5.41, 5.74) is 0.781. The first-order chi connectivity index (χ1) is 9.99. The maximum Gasteiger partial charge on any atom is 0.311 e. The second-order valence-corrected chi connectivity index (χ2v) is 5.47. The van der Waals surface area contributed by atoms with Crippen molar-refractivity contribution in [2.75, 3.05) is 12.4 Å². The van der Waals surface area contributed by atoms with Gasteiger partial charge in [0.25, 0.3) is 5.91 Å². The van der Waals surface area contributed by atoms with Gasteiger partial charge in [0.1, 0.15) is 5.15 Å². The van der Waals surface area contributed by atoms with E-state index in [-0.39, 0.29) is 22.2 Å². The summed E-state index contributed by atoms with van der Waals surface area (Å²) in [7, 11) is 1.30. The predicted molar refractivity (Wildman–Crippen MR) is 80.0 cm³/mol. The predicted octanol–water partition coefficient (Wildman–Crippen LogP) is 2.81. The smallest absolute Gasteiger partial charge is 0.311 e. The van der Waals surface area contributed by atoms with E-state index in [0.29, 0.717) is 10.8 Å². The number of carbonyl (C=O) groups excluding carboxylic acids is 2. The molecule has 0 aromatic carbocycles. The normalized spacial score (nSPS) is 10.2. The maximum atomic E-state index is 12.0. The fourth-order valence-corrected chi connectivity index (χ4v) is 2.36. The van der Waals surface area contributed by atoms with Gasteiger partial charge in [-0.1, -0.05) is 23.2 Å². The van der Waals surface area contributed by atoms with Crippen LogP contribution >= 0.6 is 34.5 Å².